The first-order chi connectivity index (χ1) is 9.27. The minimum Gasteiger partial charge on any atom is -0.475 e. The standard InChI is InChI=1S/C13H21BrN2O3/c1-15-9-11-8-12(14)10-16-13(11)19-7-6-18-5-3-4-17-2/h8,10,15H,3-7,9H2,1-2H3. The zero-order valence-corrected chi connectivity index (χ0v) is 13.0. The van der Waals surface area contributed by atoms with Crippen LogP contribution < -0.4 is 10.1 Å². The number of ether oxygens (including phenoxy) is 3. The van der Waals surface area contributed by atoms with Crippen LogP contribution in [-0.4, -0.2) is 45.6 Å². The van der Waals surface area contributed by atoms with Gasteiger partial charge in [-0.25, -0.2) is 4.98 Å². The van der Waals surface area contributed by atoms with E-state index in [0.717, 1.165) is 29.6 Å². The summed E-state index contributed by atoms with van der Waals surface area (Å²) in [5.41, 5.74) is 1.02. The van der Waals surface area contributed by atoms with E-state index in [1.54, 1.807) is 13.3 Å². The Morgan fingerprint density at radius 1 is 1.26 bits per heavy atom. The predicted molar refractivity (Wildman–Crippen MR) is 77.5 cm³/mol. The minimum absolute atomic E-state index is 0.498. The third-order valence-electron chi connectivity index (χ3n) is 2.36. The summed E-state index contributed by atoms with van der Waals surface area (Å²) < 4.78 is 16.9. The van der Waals surface area contributed by atoms with Crippen LogP contribution in [0.2, 0.25) is 0 Å². The quantitative estimate of drug-likeness (QED) is 0.664. The third-order valence-corrected chi connectivity index (χ3v) is 2.80. The fraction of sp³-hybridized carbons (Fsp3) is 0.615. The van der Waals surface area contributed by atoms with Crippen molar-refractivity contribution in [3.8, 4) is 5.88 Å². The van der Waals surface area contributed by atoms with Crippen molar-refractivity contribution in [2.75, 3.05) is 40.6 Å². The lowest BCUT2D eigenvalue weighted by molar-refractivity contribution is 0.0793. The molecule has 1 heterocycles. The Balaban J connectivity index is 2.28. The zero-order chi connectivity index (χ0) is 13.9. The van der Waals surface area contributed by atoms with Gasteiger partial charge in [-0.05, 0) is 35.5 Å². The van der Waals surface area contributed by atoms with Crippen molar-refractivity contribution in [2.24, 2.45) is 0 Å². The van der Waals surface area contributed by atoms with Crippen molar-refractivity contribution < 1.29 is 14.2 Å². The third kappa shape index (κ3) is 6.87. The molecule has 5 nitrogen and oxygen atoms in total. The molecular weight excluding hydrogens is 312 g/mol. The summed E-state index contributed by atoms with van der Waals surface area (Å²) in [6.07, 6.45) is 2.63. The van der Waals surface area contributed by atoms with Crippen LogP contribution in [0.15, 0.2) is 16.7 Å². The lowest BCUT2D eigenvalue weighted by Crippen LogP contribution is -2.12. The van der Waals surface area contributed by atoms with E-state index in [9.17, 15) is 0 Å². The van der Waals surface area contributed by atoms with Crippen LogP contribution in [0.1, 0.15) is 12.0 Å². The zero-order valence-electron chi connectivity index (χ0n) is 11.4. The topological polar surface area (TPSA) is 52.6 Å². The number of methoxy groups -OCH3 is 1. The molecular formula is C13H21BrN2O3. The largest absolute Gasteiger partial charge is 0.475 e. The van der Waals surface area contributed by atoms with Crippen molar-refractivity contribution in [3.05, 3.63) is 22.3 Å². The van der Waals surface area contributed by atoms with E-state index in [-0.39, 0.29) is 0 Å². The molecule has 0 spiro atoms. The van der Waals surface area contributed by atoms with Crippen LogP contribution in [-0.2, 0) is 16.0 Å². The highest BCUT2D eigenvalue weighted by atomic mass is 79.9. The summed E-state index contributed by atoms with van der Waals surface area (Å²) >= 11 is 3.40. The molecule has 0 saturated heterocycles. The smallest absolute Gasteiger partial charge is 0.217 e. The van der Waals surface area contributed by atoms with Crippen molar-refractivity contribution in [3.63, 3.8) is 0 Å². The molecule has 0 atom stereocenters. The van der Waals surface area contributed by atoms with E-state index in [0.29, 0.717) is 25.7 Å². The number of hydrogen-bond donors (Lipinski definition) is 1. The summed E-state index contributed by atoms with van der Waals surface area (Å²) in [6.45, 7) is 3.19. The molecule has 1 rings (SSSR count). The number of rotatable bonds is 10. The van der Waals surface area contributed by atoms with Crippen LogP contribution in [0.4, 0.5) is 0 Å². The molecule has 0 aliphatic carbocycles. The Morgan fingerprint density at radius 2 is 2.11 bits per heavy atom. The van der Waals surface area contributed by atoms with Crippen molar-refractivity contribution in [2.45, 2.75) is 13.0 Å². The van der Waals surface area contributed by atoms with Crippen molar-refractivity contribution in [1.82, 2.24) is 10.3 Å². The first-order valence-corrected chi connectivity index (χ1v) is 7.05. The van der Waals surface area contributed by atoms with Gasteiger partial charge in [-0.2, -0.15) is 0 Å². The fourth-order valence-electron chi connectivity index (χ4n) is 1.52. The second-order valence-corrected chi connectivity index (χ2v) is 4.87. The maximum absolute atomic E-state index is 5.62. The number of pyridine rings is 1. The molecule has 0 bridgehead atoms. The van der Waals surface area contributed by atoms with Crippen molar-refractivity contribution in [1.29, 1.82) is 0 Å². The number of nitrogens with one attached hydrogen (secondary N) is 1. The Hall–Kier alpha value is -0.690. The molecule has 6 heteroatoms. The summed E-state index contributed by atoms with van der Waals surface area (Å²) in [5, 5.41) is 3.09. The van der Waals surface area contributed by atoms with Gasteiger partial charge < -0.3 is 19.5 Å². The van der Waals surface area contributed by atoms with Gasteiger partial charge in [-0.3, -0.25) is 0 Å². The monoisotopic (exact) mass is 332 g/mol. The minimum atomic E-state index is 0.498. The average molecular weight is 333 g/mol. The average Bonchev–Trinajstić information content (AvgIpc) is 2.40. The second-order valence-electron chi connectivity index (χ2n) is 3.96. The number of aromatic nitrogens is 1. The molecule has 1 aromatic rings. The highest BCUT2D eigenvalue weighted by molar-refractivity contribution is 9.10. The highest BCUT2D eigenvalue weighted by Crippen LogP contribution is 2.19. The summed E-state index contributed by atoms with van der Waals surface area (Å²) in [4.78, 5) is 4.26. The molecule has 0 amide bonds. The van der Waals surface area contributed by atoms with Crippen LogP contribution in [0.5, 0.6) is 5.88 Å². The SMILES string of the molecule is CNCc1cc(Br)cnc1OCCOCCCOC. The molecule has 108 valence electrons. The molecule has 0 fully saturated rings. The van der Waals surface area contributed by atoms with E-state index in [1.807, 2.05) is 13.1 Å². The summed E-state index contributed by atoms with van der Waals surface area (Å²) in [5.74, 6) is 0.651. The highest BCUT2D eigenvalue weighted by Gasteiger charge is 2.05. The normalized spacial score (nSPS) is 10.7. The summed E-state index contributed by atoms with van der Waals surface area (Å²) in [6, 6.07) is 2.00. The molecule has 0 aliphatic heterocycles. The first kappa shape index (κ1) is 16.4. The maximum Gasteiger partial charge on any atom is 0.217 e. The van der Waals surface area contributed by atoms with E-state index in [4.69, 9.17) is 14.2 Å². The summed E-state index contributed by atoms with van der Waals surface area (Å²) in [7, 11) is 3.58. The lowest BCUT2D eigenvalue weighted by atomic mass is 10.3. The molecule has 1 aromatic heterocycles. The Morgan fingerprint density at radius 3 is 2.84 bits per heavy atom. The van der Waals surface area contributed by atoms with Gasteiger partial charge in [0.25, 0.3) is 0 Å². The molecule has 0 aliphatic rings. The van der Waals surface area contributed by atoms with Crippen molar-refractivity contribution >= 4 is 15.9 Å². The predicted octanol–water partition coefficient (Wildman–Crippen LogP) is 2.00. The Bertz CT molecular complexity index is 364. The van der Waals surface area contributed by atoms with Gasteiger partial charge >= 0.3 is 0 Å². The Kier molecular flexibility index (Phi) is 8.73. The van der Waals surface area contributed by atoms with Gasteiger partial charge in [0, 0.05) is 43.1 Å². The van der Waals surface area contributed by atoms with Gasteiger partial charge in [0.15, 0.2) is 0 Å². The molecule has 1 N–H and O–H groups in total. The van der Waals surface area contributed by atoms with Gasteiger partial charge in [0.1, 0.15) is 6.61 Å². The number of hydrogen-bond acceptors (Lipinski definition) is 5. The maximum atomic E-state index is 5.62. The van der Waals surface area contributed by atoms with E-state index < -0.39 is 0 Å². The molecule has 19 heavy (non-hydrogen) atoms. The van der Waals surface area contributed by atoms with Crippen LogP contribution in [0.3, 0.4) is 0 Å². The van der Waals surface area contributed by atoms with Crippen LogP contribution >= 0.6 is 15.9 Å². The molecule has 0 aromatic carbocycles. The van der Waals surface area contributed by atoms with Crippen LogP contribution in [0.25, 0.3) is 0 Å². The Labute approximate surface area is 122 Å². The van der Waals surface area contributed by atoms with Gasteiger partial charge in [0.05, 0.1) is 6.61 Å². The number of nitrogens with zero attached hydrogens (tertiary/aromatic N) is 1. The first-order valence-electron chi connectivity index (χ1n) is 6.26. The van der Waals surface area contributed by atoms with Gasteiger partial charge in [-0.1, -0.05) is 0 Å². The molecule has 0 radical (unpaired) electrons. The fourth-order valence-corrected chi connectivity index (χ4v) is 1.90. The molecule has 0 unspecified atom stereocenters. The van der Waals surface area contributed by atoms with E-state index >= 15 is 0 Å². The van der Waals surface area contributed by atoms with Crippen LogP contribution in [0, 0.1) is 0 Å². The van der Waals surface area contributed by atoms with E-state index in [1.165, 1.54) is 0 Å². The van der Waals surface area contributed by atoms with Gasteiger partial charge in [-0.15, -0.1) is 0 Å². The second kappa shape index (κ2) is 10.1. The number of halogens is 1. The molecule has 0 saturated carbocycles. The lowest BCUT2D eigenvalue weighted by Gasteiger charge is -2.10. The van der Waals surface area contributed by atoms with E-state index in [2.05, 4.69) is 26.2 Å². The van der Waals surface area contributed by atoms with Gasteiger partial charge in [0.2, 0.25) is 5.88 Å².